The molecule has 2 aromatic carbocycles. The van der Waals surface area contributed by atoms with Gasteiger partial charge in [-0.05, 0) is 18.1 Å². The summed E-state index contributed by atoms with van der Waals surface area (Å²) >= 11 is 1.48. The van der Waals surface area contributed by atoms with Crippen molar-refractivity contribution in [2.75, 3.05) is 0 Å². The van der Waals surface area contributed by atoms with Crippen molar-refractivity contribution in [1.29, 1.82) is 0 Å². The van der Waals surface area contributed by atoms with Crippen molar-refractivity contribution in [3.05, 3.63) is 95.0 Å². The molecule has 0 aliphatic heterocycles. The van der Waals surface area contributed by atoms with E-state index < -0.39 is 0 Å². The third-order valence-corrected chi connectivity index (χ3v) is 5.30. The largest absolute Gasteiger partial charge is 0.347 e. The van der Waals surface area contributed by atoms with E-state index >= 15 is 0 Å². The fraction of sp³-hybridized carbons (Fsp3) is 0.136. The second kappa shape index (κ2) is 8.19. The van der Waals surface area contributed by atoms with Gasteiger partial charge >= 0.3 is 0 Å². The van der Waals surface area contributed by atoms with Gasteiger partial charge in [0.2, 0.25) is 0 Å². The number of rotatable bonds is 6. The summed E-state index contributed by atoms with van der Waals surface area (Å²) in [6.07, 6.45) is 5.49. The first-order valence-corrected chi connectivity index (χ1v) is 9.90. The Hall–Kier alpha value is -3.25. The van der Waals surface area contributed by atoms with E-state index in [-0.39, 0.29) is 5.91 Å². The van der Waals surface area contributed by atoms with E-state index in [1.165, 1.54) is 22.5 Å². The van der Waals surface area contributed by atoms with Crippen molar-refractivity contribution < 1.29 is 4.79 Å². The molecule has 1 N–H and O–H groups in total. The SMILES string of the molecule is Cc1ccc(-c2nc(C(=O)NCc3cccc(Cn4ccnc4)c3)cs2)cc1. The number of imidazole rings is 1. The van der Waals surface area contributed by atoms with Gasteiger partial charge in [0, 0.05) is 36.4 Å². The van der Waals surface area contributed by atoms with E-state index in [9.17, 15) is 4.79 Å². The predicted octanol–water partition coefficient (Wildman–Crippen LogP) is 4.29. The van der Waals surface area contributed by atoms with E-state index in [1.54, 1.807) is 17.9 Å². The van der Waals surface area contributed by atoms with Crippen molar-refractivity contribution in [3.8, 4) is 10.6 Å². The number of hydrogen-bond donors (Lipinski definition) is 1. The van der Waals surface area contributed by atoms with E-state index in [0.717, 1.165) is 22.7 Å². The maximum Gasteiger partial charge on any atom is 0.271 e. The van der Waals surface area contributed by atoms with Gasteiger partial charge in [0.05, 0.1) is 6.33 Å². The molecule has 0 radical (unpaired) electrons. The summed E-state index contributed by atoms with van der Waals surface area (Å²) in [6.45, 7) is 3.27. The lowest BCUT2D eigenvalue weighted by Crippen LogP contribution is -2.23. The first kappa shape index (κ1) is 18.1. The number of aromatic nitrogens is 3. The van der Waals surface area contributed by atoms with Crippen LogP contribution in [0.1, 0.15) is 27.2 Å². The minimum atomic E-state index is -0.158. The summed E-state index contributed by atoms with van der Waals surface area (Å²) in [5, 5.41) is 5.62. The van der Waals surface area contributed by atoms with Crippen LogP contribution in [0, 0.1) is 6.92 Å². The molecule has 4 aromatic rings. The Bertz CT molecular complexity index is 1070. The molecule has 28 heavy (non-hydrogen) atoms. The van der Waals surface area contributed by atoms with Crippen LogP contribution in [0.2, 0.25) is 0 Å². The van der Waals surface area contributed by atoms with Gasteiger partial charge in [-0.25, -0.2) is 9.97 Å². The Balaban J connectivity index is 1.39. The molecule has 0 unspecified atom stereocenters. The number of benzene rings is 2. The molecule has 0 saturated carbocycles. The van der Waals surface area contributed by atoms with E-state index in [2.05, 4.69) is 34.3 Å². The third kappa shape index (κ3) is 4.35. The fourth-order valence-corrected chi connectivity index (χ4v) is 3.71. The number of nitrogens with zero attached hydrogens (tertiary/aromatic N) is 3. The van der Waals surface area contributed by atoms with Crippen LogP contribution >= 0.6 is 11.3 Å². The van der Waals surface area contributed by atoms with Gasteiger partial charge in [0.25, 0.3) is 5.91 Å². The van der Waals surface area contributed by atoms with E-state index in [4.69, 9.17) is 0 Å². The number of amides is 1. The van der Waals surface area contributed by atoms with Crippen LogP contribution in [-0.2, 0) is 13.1 Å². The normalized spacial score (nSPS) is 10.8. The maximum absolute atomic E-state index is 12.5. The molecule has 1 amide bonds. The summed E-state index contributed by atoms with van der Waals surface area (Å²) in [4.78, 5) is 21.0. The highest BCUT2D eigenvalue weighted by atomic mass is 32.1. The fourth-order valence-electron chi connectivity index (χ4n) is 2.91. The lowest BCUT2D eigenvalue weighted by Gasteiger charge is -2.07. The first-order chi connectivity index (χ1) is 13.7. The van der Waals surface area contributed by atoms with Gasteiger partial charge in [-0.3, -0.25) is 4.79 Å². The standard InChI is InChI=1S/C22H20N4OS/c1-16-5-7-19(8-6-16)22-25-20(14-28-22)21(27)24-12-17-3-2-4-18(11-17)13-26-10-9-23-15-26/h2-11,14-15H,12-13H2,1H3,(H,24,27). The molecule has 2 heterocycles. The topological polar surface area (TPSA) is 59.8 Å². The summed E-state index contributed by atoms with van der Waals surface area (Å²) in [5.41, 5.74) is 4.91. The van der Waals surface area contributed by atoms with Gasteiger partial charge in [-0.15, -0.1) is 11.3 Å². The van der Waals surface area contributed by atoms with Crippen LogP contribution in [0.5, 0.6) is 0 Å². The van der Waals surface area contributed by atoms with Crippen LogP contribution in [0.4, 0.5) is 0 Å². The molecule has 5 nitrogen and oxygen atoms in total. The Morgan fingerprint density at radius 1 is 1.14 bits per heavy atom. The molecule has 0 atom stereocenters. The molecule has 0 bridgehead atoms. The number of carbonyl (C=O) groups is 1. The van der Waals surface area contributed by atoms with Crippen LogP contribution in [0.3, 0.4) is 0 Å². The van der Waals surface area contributed by atoms with Gasteiger partial charge in [-0.2, -0.15) is 0 Å². The van der Waals surface area contributed by atoms with Gasteiger partial charge in [0.15, 0.2) is 0 Å². The van der Waals surface area contributed by atoms with Gasteiger partial charge < -0.3 is 9.88 Å². The second-order valence-electron chi connectivity index (χ2n) is 6.64. The zero-order valence-corrected chi connectivity index (χ0v) is 16.3. The van der Waals surface area contributed by atoms with Crippen LogP contribution < -0.4 is 5.32 Å². The predicted molar refractivity (Wildman–Crippen MR) is 111 cm³/mol. The summed E-state index contributed by atoms with van der Waals surface area (Å²) in [6, 6.07) is 16.3. The number of aryl methyl sites for hydroxylation is 1. The molecular weight excluding hydrogens is 368 g/mol. The third-order valence-electron chi connectivity index (χ3n) is 4.40. The van der Waals surface area contributed by atoms with Crippen LogP contribution in [0.15, 0.2) is 72.6 Å². The Morgan fingerprint density at radius 3 is 2.75 bits per heavy atom. The molecule has 0 aliphatic carbocycles. The Labute approximate surface area is 167 Å². The molecule has 0 aliphatic rings. The highest BCUT2D eigenvalue weighted by Gasteiger charge is 2.11. The van der Waals surface area contributed by atoms with Crippen LogP contribution in [0.25, 0.3) is 10.6 Å². The molecule has 4 rings (SSSR count). The van der Waals surface area contributed by atoms with Crippen molar-refractivity contribution >= 4 is 17.2 Å². The van der Waals surface area contributed by atoms with Gasteiger partial charge in [-0.1, -0.05) is 54.1 Å². The number of carbonyl (C=O) groups excluding carboxylic acids is 1. The summed E-state index contributed by atoms with van der Waals surface area (Å²) < 4.78 is 2.01. The van der Waals surface area contributed by atoms with Crippen molar-refractivity contribution in [3.63, 3.8) is 0 Å². The molecule has 0 saturated heterocycles. The quantitative estimate of drug-likeness (QED) is 0.536. The molecular formula is C22H20N4OS. The highest BCUT2D eigenvalue weighted by Crippen LogP contribution is 2.24. The number of hydrogen-bond acceptors (Lipinski definition) is 4. The number of nitrogens with one attached hydrogen (secondary N) is 1. The van der Waals surface area contributed by atoms with Crippen molar-refractivity contribution in [2.24, 2.45) is 0 Å². The monoisotopic (exact) mass is 388 g/mol. The zero-order chi connectivity index (χ0) is 19.3. The molecule has 140 valence electrons. The summed E-state index contributed by atoms with van der Waals surface area (Å²) in [5.74, 6) is -0.158. The summed E-state index contributed by atoms with van der Waals surface area (Å²) in [7, 11) is 0. The number of thiazole rings is 1. The smallest absolute Gasteiger partial charge is 0.271 e. The average Bonchev–Trinajstić information content (AvgIpc) is 3.39. The molecule has 2 aromatic heterocycles. The Morgan fingerprint density at radius 2 is 1.96 bits per heavy atom. The van der Waals surface area contributed by atoms with E-state index in [0.29, 0.717) is 12.2 Å². The molecule has 0 spiro atoms. The lowest BCUT2D eigenvalue weighted by atomic mass is 10.1. The van der Waals surface area contributed by atoms with Crippen molar-refractivity contribution in [1.82, 2.24) is 19.9 Å². The Kier molecular flexibility index (Phi) is 5.30. The lowest BCUT2D eigenvalue weighted by molar-refractivity contribution is 0.0946. The maximum atomic E-state index is 12.5. The molecule has 0 fully saturated rings. The molecule has 6 heteroatoms. The zero-order valence-electron chi connectivity index (χ0n) is 15.5. The second-order valence-corrected chi connectivity index (χ2v) is 7.50. The van der Waals surface area contributed by atoms with Crippen LogP contribution in [-0.4, -0.2) is 20.4 Å². The van der Waals surface area contributed by atoms with E-state index in [1.807, 2.05) is 47.2 Å². The first-order valence-electron chi connectivity index (χ1n) is 9.02. The minimum Gasteiger partial charge on any atom is -0.347 e. The van der Waals surface area contributed by atoms with Crippen molar-refractivity contribution in [2.45, 2.75) is 20.0 Å². The van der Waals surface area contributed by atoms with Gasteiger partial charge in [0.1, 0.15) is 10.7 Å². The highest BCUT2D eigenvalue weighted by molar-refractivity contribution is 7.13. The average molecular weight is 388 g/mol. The minimum absolute atomic E-state index is 0.158.